The van der Waals surface area contributed by atoms with E-state index in [1.54, 1.807) is 6.07 Å². The zero-order chi connectivity index (χ0) is 14.0. The monoisotopic (exact) mass is 268 g/mol. The maximum atomic E-state index is 13.7. The highest BCUT2D eigenvalue weighted by Crippen LogP contribution is 2.37. The maximum absolute atomic E-state index is 13.7. The van der Waals surface area contributed by atoms with Gasteiger partial charge in [0.15, 0.2) is 11.6 Å². The molecule has 2 N–H and O–H groups in total. The average Bonchev–Trinajstić information content (AvgIpc) is 2.85. The number of nitrogens with two attached hydrogens (primary N) is 1. The van der Waals surface area contributed by atoms with Crippen LogP contribution in [-0.4, -0.2) is 30.6 Å². The highest BCUT2D eigenvalue weighted by atomic mass is 19.2. The summed E-state index contributed by atoms with van der Waals surface area (Å²) in [6.07, 6.45) is 4.73. The highest BCUT2D eigenvalue weighted by Gasteiger charge is 2.41. The van der Waals surface area contributed by atoms with E-state index in [9.17, 15) is 8.78 Å². The predicted molar refractivity (Wildman–Crippen MR) is 72.9 cm³/mol. The third-order valence-corrected chi connectivity index (χ3v) is 4.52. The fourth-order valence-corrected chi connectivity index (χ4v) is 3.27. The van der Waals surface area contributed by atoms with E-state index >= 15 is 0 Å². The second-order valence-electron chi connectivity index (χ2n) is 5.73. The summed E-state index contributed by atoms with van der Waals surface area (Å²) in [5.74, 6) is -1.56. The van der Waals surface area contributed by atoms with Gasteiger partial charge in [0.25, 0.3) is 0 Å². The number of hydrogen-bond acceptors (Lipinski definition) is 2. The molecule has 1 aromatic carbocycles. The highest BCUT2D eigenvalue weighted by molar-refractivity contribution is 5.21. The molecule has 0 aliphatic heterocycles. The Labute approximate surface area is 113 Å². The van der Waals surface area contributed by atoms with Crippen molar-refractivity contribution in [2.75, 3.05) is 14.1 Å². The Morgan fingerprint density at radius 3 is 2.47 bits per heavy atom. The first-order valence-corrected chi connectivity index (χ1v) is 6.83. The number of nitrogens with zero attached hydrogens (tertiary/aromatic N) is 1. The van der Waals surface area contributed by atoms with Gasteiger partial charge in [-0.2, -0.15) is 0 Å². The van der Waals surface area contributed by atoms with E-state index in [-0.39, 0.29) is 11.6 Å². The van der Waals surface area contributed by atoms with E-state index in [2.05, 4.69) is 4.90 Å². The molecule has 19 heavy (non-hydrogen) atoms. The summed E-state index contributed by atoms with van der Waals surface area (Å²) < 4.78 is 27.0. The van der Waals surface area contributed by atoms with E-state index in [0.717, 1.165) is 31.7 Å². The van der Waals surface area contributed by atoms with Crippen LogP contribution in [0.15, 0.2) is 18.2 Å². The summed E-state index contributed by atoms with van der Waals surface area (Å²) in [7, 11) is 4.04. The summed E-state index contributed by atoms with van der Waals surface area (Å²) >= 11 is 0. The van der Waals surface area contributed by atoms with Crippen LogP contribution in [0.5, 0.6) is 0 Å². The molecule has 0 radical (unpaired) electrons. The molecule has 1 fully saturated rings. The molecule has 0 heterocycles. The molecule has 2 nitrogen and oxygen atoms in total. The van der Waals surface area contributed by atoms with Gasteiger partial charge in [-0.25, -0.2) is 8.78 Å². The van der Waals surface area contributed by atoms with Crippen LogP contribution in [0.4, 0.5) is 8.78 Å². The molecule has 0 saturated heterocycles. The van der Waals surface area contributed by atoms with E-state index in [1.807, 2.05) is 14.1 Å². The van der Waals surface area contributed by atoms with Crippen molar-refractivity contribution >= 4 is 0 Å². The Hall–Kier alpha value is -1.00. The Morgan fingerprint density at radius 2 is 1.89 bits per heavy atom. The number of benzene rings is 1. The quantitative estimate of drug-likeness (QED) is 0.909. The van der Waals surface area contributed by atoms with Crippen LogP contribution in [0.3, 0.4) is 0 Å². The van der Waals surface area contributed by atoms with Crippen molar-refractivity contribution in [3.05, 3.63) is 35.4 Å². The molecule has 1 atom stereocenters. The van der Waals surface area contributed by atoms with Crippen molar-refractivity contribution in [3.63, 3.8) is 0 Å². The lowest BCUT2D eigenvalue weighted by molar-refractivity contribution is 0.122. The molecule has 0 amide bonds. The van der Waals surface area contributed by atoms with Crippen molar-refractivity contribution < 1.29 is 8.78 Å². The standard InChI is InChI=1S/C15H22F2N2/c1-19(2)15(8-3-4-9-15)13(18)10-11-6-5-7-12(16)14(11)17/h5-7,13H,3-4,8-10,18H2,1-2H3. The van der Waals surface area contributed by atoms with Gasteiger partial charge in [-0.15, -0.1) is 0 Å². The number of likely N-dealkylation sites (N-methyl/N-ethyl adjacent to an activating group) is 1. The zero-order valence-corrected chi connectivity index (χ0v) is 11.6. The topological polar surface area (TPSA) is 29.3 Å². The molecular formula is C15H22F2N2. The largest absolute Gasteiger partial charge is 0.326 e. The molecule has 1 aliphatic rings. The first-order chi connectivity index (χ1) is 8.97. The lowest BCUT2D eigenvalue weighted by Gasteiger charge is -2.41. The molecule has 1 unspecified atom stereocenters. The molecule has 0 spiro atoms. The molecule has 0 aromatic heterocycles. The number of rotatable bonds is 4. The second-order valence-corrected chi connectivity index (χ2v) is 5.73. The molecule has 1 aliphatic carbocycles. The van der Waals surface area contributed by atoms with Crippen molar-refractivity contribution in [1.82, 2.24) is 4.90 Å². The molecule has 0 bridgehead atoms. The summed E-state index contributed by atoms with van der Waals surface area (Å²) in [4.78, 5) is 2.15. The van der Waals surface area contributed by atoms with Gasteiger partial charge in [-0.05, 0) is 45.0 Å². The van der Waals surface area contributed by atoms with Crippen LogP contribution in [0, 0.1) is 11.6 Å². The summed E-state index contributed by atoms with van der Waals surface area (Å²) in [5.41, 5.74) is 6.63. The van der Waals surface area contributed by atoms with Crippen LogP contribution < -0.4 is 5.73 Å². The lowest BCUT2D eigenvalue weighted by atomic mass is 9.83. The van der Waals surface area contributed by atoms with Crippen LogP contribution in [0.2, 0.25) is 0 Å². The van der Waals surface area contributed by atoms with Gasteiger partial charge in [0, 0.05) is 11.6 Å². The van der Waals surface area contributed by atoms with Crippen molar-refractivity contribution in [2.45, 2.75) is 43.7 Å². The third kappa shape index (κ3) is 2.65. The van der Waals surface area contributed by atoms with E-state index in [4.69, 9.17) is 5.73 Å². The van der Waals surface area contributed by atoms with E-state index < -0.39 is 11.6 Å². The predicted octanol–water partition coefficient (Wildman–Crippen LogP) is 2.71. The minimum Gasteiger partial charge on any atom is -0.326 e. The van der Waals surface area contributed by atoms with Crippen LogP contribution in [0.25, 0.3) is 0 Å². The van der Waals surface area contributed by atoms with Gasteiger partial charge in [0.1, 0.15) is 0 Å². The van der Waals surface area contributed by atoms with Gasteiger partial charge in [-0.3, -0.25) is 0 Å². The summed E-state index contributed by atoms with van der Waals surface area (Å²) in [6, 6.07) is 4.12. The second kappa shape index (κ2) is 5.55. The Balaban J connectivity index is 2.20. The van der Waals surface area contributed by atoms with Crippen LogP contribution in [0.1, 0.15) is 31.2 Å². The molecule has 1 saturated carbocycles. The summed E-state index contributed by atoms with van der Waals surface area (Å²) in [6.45, 7) is 0. The van der Waals surface area contributed by atoms with Gasteiger partial charge in [0.2, 0.25) is 0 Å². The first kappa shape index (κ1) is 14.4. The molecule has 2 rings (SSSR count). The minimum absolute atomic E-state index is 0.0846. The van der Waals surface area contributed by atoms with Gasteiger partial charge in [-0.1, -0.05) is 25.0 Å². The summed E-state index contributed by atoms with van der Waals surface area (Å²) in [5, 5.41) is 0. The lowest BCUT2D eigenvalue weighted by Crippen LogP contribution is -2.56. The SMILES string of the molecule is CN(C)C1(C(N)Cc2cccc(F)c2F)CCCC1. The maximum Gasteiger partial charge on any atom is 0.162 e. The molecule has 106 valence electrons. The number of hydrogen-bond donors (Lipinski definition) is 1. The average molecular weight is 268 g/mol. The zero-order valence-electron chi connectivity index (χ0n) is 11.6. The Morgan fingerprint density at radius 1 is 1.26 bits per heavy atom. The number of halogens is 2. The fourth-order valence-electron chi connectivity index (χ4n) is 3.27. The van der Waals surface area contributed by atoms with E-state index in [1.165, 1.54) is 6.07 Å². The van der Waals surface area contributed by atoms with Gasteiger partial charge >= 0.3 is 0 Å². The smallest absolute Gasteiger partial charge is 0.162 e. The minimum atomic E-state index is -0.796. The van der Waals surface area contributed by atoms with Gasteiger partial charge in [0.05, 0.1) is 0 Å². The third-order valence-electron chi connectivity index (χ3n) is 4.52. The molecular weight excluding hydrogens is 246 g/mol. The molecule has 4 heteroatoms. The normalized spacial score (nSPS) is 19.9. The Bertz CT molecular complexity index is 440. The fraction of sp³-hybridized carbons (Fsp3) is 0.600. The van der Waals surface area contributed by atoms with Crippen molar-refractivity contribution in [1.29, 1.82) is 0 Å². The first-order valence-electron chi connectivity index (χ1n) is 6.83. The van der Waals surface area contributed by atoms with Crippen molar-refractivity contribution in [2.24, 2.45) is 5.73 Å². The Kier molecular flexibility index (Phi) is 4.21. The van der Waals surface area contributed by atoms with Crippen LogP contribution >= 0.6 is 0 Å². The van der Waals surface area contributed by atoms with Crippen molar-refractivity contribution in [3.8, 4) is 0 Å². The van der Waals surface area contributed by atoms with E-state index in [0.29, 0.717) is 12.0 Å². The van der Waals surface area contributed by atoms with Crippen LogP contribution in [-0.2, 0) is 6.42 Å². The molecule has 1 aromatic rings. The van der Waals surface area contributed by atoms with Gasteiger partial charge < -0.3 is 10.6 Å².